The molecule has 0 aliphatic carbocycles. The van der Waals surface area contributed by atoms with Gasteiger partial charge in [0.25, 0.3) is 5.91 Å². The molecule has 0 spiro atoms. The van der Waals surface area contributed by atoms with E-state index >= 15 is 0 Å². The Kier molecular flexibility index (Phi) is 4.53. The third kappa shape index (κ3) is 3.32. The van der Waals surface area contributed by atoms with Crippen LogP contribution in [-0.4, -0.2) is 36.5 Å². The number of likely N-dealkylation sites (tertiary alicyclic amines) is 1. The van der Waals surface area contributed by atoms with Gasteiger partial charge in [0.05, 0.1) is 5.56 Å². The van der Waals surface area contributed by atoms with Crippen molar-refractivity contribution in [3.63, 3.8) is 0 Å². The van der Waals surface area contributed by atoms with E-state index in [4.69, 9.17) is 0 Å². The molecule has 0 radical (unpaired) electrons. The summed E-state index contributed by atoms with van der Waals surface area (Å²) >= 11 is 0. The largest absolute Gasteiger partial charge is 0.348 e. The standard InChI is InChI=1S/C15H21FN2O/c1-3-18-9-5-7-12(10-18)17-15(19)13-8-4-6-11(2)14(13)16/h4,6,8,12H,3,5,7,9-10H2,1-2H3,(H,17,19). The lowest BCUT2D eigenvalue weighted by Gasteiger charge is -2.32. The van der Waals surface area contributed by atoms with E-state index in [0.29, 0.717) is 5.56 Å². The summed E-state index contributed by atoms with van der Waals surface area (Å²) < 4.78 is 13.9. The lowest BCUT2D eigenvalue weighted by atomic mass is 10.0. The summed E-state index contributed by atoms with van der Waals surface area (Å²) in [5.74, 6) is -0.715. The minimum Gasteiger partial charge on any atom is -0.348 e. The number of likely N-dealkylation sites (N-methyl/N-ethyl adjacent to an activating group) is 1. The molecule has 1 aromatic carbocycles. The van der Waals surface area contributed by atoms with Crippen molar-refractivity contribution in [1.29, 1.82) is 0 Å². The number of aryl methyl sites for hydroxylation is 1. The minimum atomic E-state index is -0.414. The van der Waals surface area contributed by atoms with E-state index in [-0.39, 0.29) is 17.5 Å². The van der Waals surface area contributed by atoms with Crippen molar-refractivity contribution in [2.24, 2.45) is 0 Å². The lowest BCUT2D eigenvalue weighted by molar-refractivity contribution is 0.0901. The minimum absolute atomic E-state index is 0.126. The molecule has 4 heteroatoms. The lowest BCUT2D eigenvalue weighted by Crippen LogP contribution is -2.47. The number of nitrogens with zero attached hydrogens (tertiary/aromatic N) is 1. The third-order valence-corrected chi connectivity index (χ3v) is 3.72. The highest BCUT2D eigenvalue weighted by atomic mass is 19.1. The summed E-state index contributed by atoms with van der Waals surface area (Å²) in [7, 11) is 0. The molecule has 1 aliphatic heterocycles. The zero-order valence-electron chi connectivity index (χ0n) is 11.6. The molecule has 0 saturated carbocycles. The number of hydrogen-bond donors (Lipinski definition) is 1. The van der Waals surface area contributed by atoms with Crippen LogP contribution in [0.25, 0.3) is 0 Å². The predicted octanol–water partition coefficient (Wildman–Crippen LogP) is 2.35. The molecule has 1 unspecified atom stereocenters. The fourth-order valence-corrected chi connectivity index (χ4v) is 2.55. The normalized spacial score (nSPS) is 20.3. The quantitative estimate of drug-likeness (QED) is 0.909. The zero-order chi connectivity index (χ0) is 13.8. The Balaban J connectivity index is 2.02. The van der Waals surface area contributed by atoms with Crippen molar-refractivity contribution in [2.45, 2.75) is 32.7 Å². The number of carbonyl (C=O) groups is 1. The average molecular weight is 264 g/mol. The highest BCUT2D eigenvalue weighted by Crippen LogP contribution is 2.14. The molecule has 1 N–H and O–H groups in total. The number of benzene rings is 1. The van der Waals surface area contributed by atoms with Gasteiger partial charge in [0.15, 0.2) is 0 Å². The molecule has 0 aromatic heterocycles. The van der Waals surface area contributed by atoms with Gasteiger partial charge in [-0.15, -0.1) is 0 Å². The molecule has 1 heterocycles. The van der Waals surface area contributed by atoms with Gasteiger partial charge in [0.1, 0.15) is 5.82 Å². The molecule has 0 bridgehead atoms. The first-order valence-corrected chi connectivity index (χ1v) is 6.90. The molecule has 1 saturated heterocycles. The second-order valence-electron chi connectivity index (χ2n) is 5.14. The summed E-state index contributed by atoms with van der Waals surface area (Å²) in [5.41, 5.74) is 0.653. The summed E-state index contributed by atoms with van der Waals surface area (Å²) in [6.45, 7) is 6.72. The highest BCUT2D eigenvalue weighted by Gasteiger charge is 2.22. The Morgan fingerprint density at radius 2 is 2.32 bits per heavy atom. The number of piperidine rings is 1. The summed E-state index contributed by atoms with van der Waals surface area (Å²) in [6.07, 6.45) is 2.05. The van der Waals surface area contributed by atoms with Crippen LogP contribution in [0.1, 0.15) is 35.7 Å². The number of amides is 1. The average Bonchev–Trinajstić information content (AvgIpc) is 2.42. The summed E-state index contributed by atoms with van der Waals surface area (Å²) in [6, 6.07) is 5.05. The first-order chi connectivity index (χ1) is 9.11. The van der Waals surface area contributed by atoms with Gasteiger partial charge < -0.3 is 10.2 Å². The Morgan fingerprint density at radius 1 is 1.53 bits per heavy atom. The smallest absolute Gasteiger partial charge is 0.254 e. The Bertz CT molecular complexity index is 461. The number of hydrogen-bond acceptors (Lipinski definition) is 2. The number of carbonyl (C=O) groups excluding carboxylic acids is 1. The van der Waals surface area contributed by atoms with Crippen LogP contribution in [0.3, 0.4) is 0 Å². The van der Waals surface area contributed by atoms with Crippen molar-refractivity contribution in [3.05, 3.63) is 35.1 Å². The summed E-state index contributed by atoms with van der Waals surface area (Å²) in [5, 5.41) is 2.95. The van der Waals surface area contributed by atoms with Crippen LogP contribution in [0.4, 0.5) is 4.39 Å². The van der Waals surface area contributed by atoms with Gasteiger partial charge in [-0.25, -0.2) is 4.39 Å². The van der Waals surface area contributed by atoms with E-state index in [1.807, 2.05) is 0 Å². The maximum Gasteiger partial charge on any atom is 0.254 e. The molecule has 2 rings (SSSR count). The number of rotatable bonds is 3. The molecule has 1 fully saturated rings. The van der Waals surface area contributed by atoms with Crippen molar-refractivity contribution in [3.8, 4) is 0 Å². The van der Waals surface area contributed by atoms with E-state index in [9.17, 15) is 9.18 Å². The topological polar surface area (TPSA) is 32.3 Å². The number of halogens is 1. The first-order valence-electron chi connectivity index (χ1n) is 6.90. The Labute approximate surface area is 113 Å². The molecule has 1 amide bonds. The number of nitrogens with one attached hydrogen (secondary N) is 1. The van der Waals surface area contributed by atoms with Gasteiger partial charge in [-0.05, 0) is 44.5 Å². The molecule has 104 valence electrons. The van der Waals surface area contributed by atoms with Gasteiger partial charge in [-0.2, -0.15) is 0 Å². The van der Waals surface area contributed by atoms with Crippen LogP contribution in [0.2, 0.25) is 0 Å². The SMILES string of the molecule is CCN1CCCC(NC(=O)c2cccc(C)c2F)C1. The fourth-order valence-electron chi connectivity index (χ4n) is 2.55. The van der Waals surface area contributed by atoms with Crippen LogP contribution in [0.15, 0.2) is 18.2 Å². The Hall–Kier alpha value is -1.42. The van der Waals surface area contributed by atoms with Gasteiger partial charge in [-0.1, -0.05) is 19.1 Å². The predicted molar refractivity (Wildman–Crippen MR) is 73.7 cm³/mol. The van der Waals surface area contributed by atoms with Crippen LogP contribution < -0.4 is 5.32 Å². The highest BCUT2D eigenvalue weighted by molar-refractivity contribution is 5.94. The van der Waals surface area contributed by atoms with Crippen molar-refractivity contribution < 1.29 is 9.18 Å². The molecule has 1 aliphatic rings. The van der Waals surface area contributed by atoms with E-state index < -0.39 is 5.82 Å². The van der Waals surface area contributed by atoms with Crippen molar-refractivity contribution in [1.82, 2.24) is 10.2 Å². The van der Waals surface area contributed by atoms with Crippen LogP contribution in [0, 0.1) is 12.7 Å². The van der Waals surface area contributed by atoms with Gasteiger partial charge >= 0.3 is 0 Å². The zero-order valence-corrected chi connectivity index (χ0v) is 11.6. The van der Waals surface area contributed by atoms with Crippen molar-refractivity contribution >= 4 is 5.91 Å². The molecular weight excluding hydrogens is 243 g/mol. The second-order valence-corrected chi connectivity index (χ2v) is 5.14. The molecular formula is C15H21FN2O. The monoisotopic (exact) mass is 264 g/mol. The molecule has 3 nitrogen and oxygen atoms in total. The van der Waals surface area contributed by atoms with Crippen molar-refractivity contribution in [2.75, 3.05) is 19.6 Å². The van der Waals surface area contributed by atoms with Gasteiger partial charge in [0, 0.05) is 12.6 Å². The third-order valence-electron chi connectivity index (χ3n) is 3.72. The molecule has 1 aromatic rings. The summed E-state index contributed by atoms with van der Waals surface area (Å²) in [4.78, 5) is 14.4. The van der Waals surface area contributed by atoms with E-state index in [0.717, 1.165) is 32.5 Å². The fraction of sp³-hybridized carbons (Fsp3) is 0.533. The Morgan fingerprint density at radius 3 is 3.05 bits per heavy atom. The van der Waals surface area contributed by atoms with E-state index in [1.54, 1.807) is 19.1 Å². The van der Waals surface area contributed by atoms with Gasteiger partial charge in [0.2, 0.25) is 0 Å². The first kappa shape index (κ1) is 14.0. The van der Waals surface area contributed by atoms with E-state index in [1.165, 1.54) is 6.07 Å². The van der Waals surface area contributed by atoms with Gasteiger partial charge in [-0.3, -0.25) is 4.79 Å². The maximum atomic E-state index is 13.9. The van der Waals surface area contributed by atoms with Crippen LogP contribution in [0.5, 0.6) is 0 Å². The molecule has 1 atom stereocenters. The molecule has 19 heavy (non-hydrogen) atoms. The van der Waals surface area contributed by atoms with Crippen LogP contribution in [-0.2, 0) is 0 Å². The maximum absolute atomic E-state index is 13.9. The second kappa shape index (κ2) is 6.15. The van der Waals surface area contributed by atoms with Crippen LogP contribution >= 0.6 is 0 Å². The van der Waals surface area contributed by atoms with E-state index in [2.05, 4.69) is 17.1 Å².